The first kappa shape index (κ1) is 26.4. The van der Waals surface area contributed by atoms with Gasteiger partial charge in [0.25, 0.3) is 0 Å². The molecule has 0 fully saturated rings. The molecule has 158 valence electrons. The Hall–Kier alpha value is 0.430. The normalized spacial score (nSPS) is 13.3. The second-order valence-corrected chi connectivity index (χ2v) is 10.0. The Labute approximate surface area is 170 Å². The van der Waals surface area contributed by atoms with Gasteiger partial charge in [-0.05, 0) is 36.8 Å². The van der Waals surface area contributed by atoms with E-state index in [1.807, 2.05) is 0 Å². The SMILES string of the molecule is CCCCCCC(CCCCC)C(P)(CCCCCC)CCCCCC. The second kappa shape index (κ2) is 18.8. The van der Waals surface area contributed by atoms with Crippen LogP contribution < -0.4 is 0 Å². The first-order valence-corrected chi connectivity index (χ1v) is 13.0. The summed E-state index contributed by atoms with van der Waals surface area (Å²) in [6.07, 6.45) is 27.2. The molecule has 2 unspecified atom stereocenters. The standard InChI is InChI=1S/C25H53P/c1-5-9-13-17-21-24(20-16-12-8-4)25(26,22-18-14-10-6-2)23-19-15-11-7-3/h24H,5-23,26H2,1-4H3. The van der Waals surface area contributed by atoms with Crippen molar-refractivity contribution >= 4 is 9.24 Å². The average Bonchev–Trinajstić information content (AvgIpc) is 2.64. The quantitative estimate of drug-likeness (QED) is 0.145. The van der Waals surface area contributed by atoms with Crippen LogP contribution >= 0.6 is 9.24 Å². The summed E-state index contributed by atoms with van der Waals surface area (Å²) in [5.74, 6) is 0.944. The van der Waals surface area contributed by atoms with Gasteiger partial charge in [-0.1, -0.05) is 124 Å². The van der Waals surface area contributed by atoms with Gasteiger partial charge in [-0.25, -0.2) is 0 Å². The van der Waals surface area contributed by atoms with Crippen LogP contribution in [0.4, 0.5) is 0 Å². The minimum atomic E-state index is 0.529. The fraction of sp³-hybridized carbons (Fsp3) is 1.00. The minimum Gasteiger partial charge on any atom is -0.131 e. The van der Waals surface area contributed by atoms with Crippen LogP contribution in [0.2, 0.25) is 0 Å². The van der Waals surface area contributed by atoms with Crippen LogP contribution in [0.3, 0.4) is 0 Å². The summed E-state index contributed by atoms with van der Waals surface area (Å²) in [7, 11) is 3.44. The van der Waals surface area contributed by atoms with Gasteiger partial charge in [-0.3, -0.25) is 0 Å². The van der Waals surface area contributed by atoms with Gasteiger partial charge >= 0.3 is 0 Å². The smallest absolute Gasteiger partial charge is 0.0122 e. The number of hydrogen-bond donors (Lipinski definition) is 0. The van der Waals surface area contributed by atoms with Crippen molar-refractivity contribution in [2.45, 2.75) is 155 Å². The van der Waals surface area contributed by atoms with Crippen molar-refractivity contribution in [3.05, 3.63) is 0 Å². The Morgan fingerprint density at radius 2 is 0.846 bits per heavy atom. The van der Waals surface area contributed by atoms with Crippen LogP contribution in [0.1, 0.15) is 150 Å². The number of unbranched alkanes of at least 4 members (excludes halogenated alkanes) is 11. The molecule has 2 atom stereocenters. The van der Waals surface area contributed by atoms with E-state index in [1.54, 1.807) is 0 Å². The molecule has 0 aromatic heterocycles. The molecule has 0 aliphatic carbocycles. The molecule has 26 heavy (non-hydrogen) atoms. The van der Waals surface area contributed by atoms with Gasteiger partial charge in [0.1, 0.15) is 0 Å². The van der Waals surface area contributed by atoms with Crippen molar-refractivity contribution in [1.82, 2.24) is 0 Å². The molecular formula is C25H53P. The zero-order valence-corrected chi connectivity index (χ0v) is 20.2. The molecule has 0 aliphatic rings. The van der Waals surface area contributed by atoms with Crippen LogP contribution in [0.15, 0.2) is 0 Å². The van der Waals surface area contributed by atoms with Crippen LogP contribution in [0, 0.1) is 5.92 Å². The Bertz CT molecular complexity index is 261. The summed E-state index contributed by atoms with van der Waals surface area (Å²) in [5.41, 5.74) is 0. The molecule has 0 bridgehead atoms. The van der Waals surface area contributed by atoms with Crippen molar-refractivity contribution < 1.29 is 0 Å². The first-order chi connectivity index (χ1) is 12.6. The Morgan fingerprint density at radius 3 is 1.27 bits per heavy atom. The lowest BCUT2D eigenvalue weighted by molar-refractivity contribution is 0.270. The Morgan fingerprint density at radius 1 is 0.500 bits per heavy atom. The monoisotopic (exact) mass is 384 g/mol. The van der Waals surface area contributed by atoms with Crippen LogP contribution in [0.5, 0.6) is 0 Å². The predicted molar refractivity (Wildman–Crippen MR) is 126 cm³/mol. The summed E-state index contributed by atoms with van der Waals surface area (Å²) >= 11 is 0. The highest BCUT2D eigenvalue weighted by Crippen LogP contribution is 2.43. The van der Waals surface area contributed by atoms with E-state index in [1.165, 1.54) is 122 Å². The van der Waals surface area contributed by atoms with Crippen molar-refractivity contribution in [2.24, 2.45) is 5.92 Å². The lowest BCUT2D eigenvalue weighted by atomic mass is 9.77. The largest absolute Gasteiger partial charge is 0.131 e. The topological polar surface area (TPSA) is 0 Å². The van der Waals surface area contributed by atoms with E-state index in [0.29, 0.717) is 5.16 Å². The van der Waals surface area contributed by atoms with Crippen LogP contribution in [-0.4, -0.2) is 5.16 Å². The summed E-state index contributed by atoms with van der Waals surface area (Å²) in [6.45, 7) is 9.35. The van der Waals surface area contributed by atoms with Crippen molar-refractivity contribution in [3.8, 4) is 0 Å². The Kier molecular flexibility index (Phi) is 19.1. The van der Waals surface area contributed by atoms with Crippen LogP contribution in [0.25, 0.3) is 0 Å². The van der Waals surface area contributed by atoms with Gasteiger partial charge in [0.15, 0.2) is 0 Å². The molecule has 1 heteroatoms. The zero-order chi connectivity index (χ0) is 19.5. The lowest BCUT2D eigenvalue weighted by Gasteiger charge is -2.39. The minimum absolute atomic E-state index is 0.529. The highest BCUT2D eigenvalue weighted by atomic mass is 31.0. The van der Waals surface area contributed by atoms with Crippen molar-refractivity contribution in [2.75, 3.05) is 0 Å². The predicted octanol–water partition coefficient (Wildman–Crippen LogP) is 9.71. The van der Waals surface area contributed by atoms with E-state index in [-0.39, 0.29) is 0 Å². The van der Waals surface area contributed by atoms with Gasteiger partial charge in [-0.2, -0.15) is 0 Å². The maximum absolute atomic E-state index is 3.44. The molecular weight excluding hydrogens is 331 g/mol. The molecule has 0 saturated carbocycles. The zero-order valence-electron chi connectivity index (χ0n) is 19.1. The Balaban J connectivity index is 4.79. The van der Waals surface area contributed by atoms with Crippen molar-refractivity contribution in [1.29, 1.82) is 0 Å². The lowest BCUT2D eigenvalue weighted by Crippen LogP contribution is -2.32. The fourth-order valence-corrected chi connectivity index (χ4v) is 5.21. The number of rotatable bonds is 20. The highest BCUT2D eigenvalue weighted by Gasteiger charge is 2.32. The fourth-order valence-electron chi connectivity index (χ4n) is 4.47. The third kappa shape index (κ3) is 13.6. The number of hydrogen-bond acceptors (Lipinski definition) is 0. The first-order valence-electron chi connectivity index (χ1n) is 12.4. The molecule has 0 spiro atoms. The van der Waals surface area contributed by atoms with E-state index in [0.717, 1.165) is 5.92 Å². The van der Waals surface area contributed by atoms with E-state index in [2.05, 4.69) is 36.9 Å². The van der Waals surface area contributed by atoms with Gasteiger partial charge in [-0.15, -0.1) is 9.24 Å². The molecule has 0 amide bonds. The summed E-state index contributed by atoms with van der Waals surface area (Å²) in [4.78, 5) is 0. The van der Waals surface area contributed by atoms with Gasteiger partial charge in [0.2, 0.25) is 0 Å². The molecule has 0 aromatic rings. The molecule has 0 rings (SSSR count). The summed E-state index contributed by atoms with van der Waals surface area (Å²) in [6, 6.07) is 0. The summed E-state index contributed by atoms with van der Waals surface area (Å²) in [5, 5.41) is 0.529. The third-order valence-corrected chi connectivity index (χ3v) is 7.42. The molecule has 0 N–H and O–H groups in total. The molecule has 0 saturated heterocycles. The van der Waals surface area contributed by atoms with Gasteiger partial charge < -0.3 is 0 Å². The third-order valence-electron chi connectivity index (χ3n) is 6.37. The average molecular weight is 385 g/mol. The van der Waals surface area contributed by atoms with Gasteiger partial charge in [0, 0.05) is 0 Å². The molecule has 0 aromatic carbocycles. The molecule has 0 heterocycles. The van der Waals surface area contributed by atoms with E-state index < -0.39 is 0 Å². The molecule has 0 aliphatic heterocycles. The summed E-state index contributed by atoms with van der Waals surface area (Å²) < 4.78 is 0. The maximum Gasteiger partial charge on any atom is -0.0122 e. The maximum atomic E-state index is 3.44. The van der Waals surface area contributed by atoms with E-state index in [9.17, 15) is 0 Å². The van der Waals surface area contributed by atoms with Gasteiger partial charge in [0.05, 0.1) is 0 Å². The highest BCUT2D eigenvalue weighted by molar-refractivity contribution is 7.19. The van der Waals surface area contributed by atoms with E-state index in [4.69, 9.17) is 0 Å². The second-order valence-electron chi connectivity index (χ2n) is 8.90. The molecule has 0 radical (unpaired) electrons. The van der Waals surface area contributed by atoms with E-state index >= 15 is 0 Å². The van der Waals surface area contributed by atoms with Crippen molar-refractivity contribution in [3.63, 3.8) is 0 Å². The molecule has 0 nitrogen and oxygen atoms in total. The van der Waals surface area contributed by atoms with Crippen LogP contribution in [-0.2, 0) is 0 Å².